The van der Waals surface area contributed by atoms with E-state index in [4.69, 9.17) is 9.47 Å². The molecule has 1 saturated heterocycles. The maximum atomic E-state index is 12.3. The summed E-state index contributed by atoms with van der Waals surface area (Å²) in [7, 11) is 3.29. The van der Waals surface area contributed by atoms with Crippen molar-refractivity contribution in [1.29, 1.82) is 0 Å². The number of methoxy groups -OCH3 is 1. The Morgan fingerprint density at radius 3 is 3.00 bits per heavy atom. The first kappa shape index (κ1) is 15.2. The summed E-state index contributed by atoms with van der Waals surface area (Å²) >= 11 is 0. The molecular weight excluding hydrogens is 274 g/mol. The molecule has 1 aliphatic heterocycles. The highest BCUT2D eigenvalue weighted by atomic mass is 16.5. The number of hydrogen-bond acceptors (Lipinski definition) is 5. The second-order valence-electron chi connectivity index (χ2n) is 4.85. The number of carbonyl (C=O) groups is 2. The standard InChI is InChI=1S/C14H19N3O4/c1-17-9-10(8-12(17)18)16-13(19)11-4-3-5-15-14(11)21-7-6-20-2/h3-5,10H,6-9H2,1-2H3,(H,16,19)/t10-/m0/s1. The Bertz CT molecular complexity index is 521. The topological polar surface area (TPSA) is 80.8 Å². The molecule has 1 fully saturated rings. The van der Waals surface area contributed by atoms with Gasteiger partial charge in [0.05, 0.1) is 12.6 Å². The van der Waals surface area contributed by atoms with Gasteiger partial charge in [0.1, 0.15) is 12.2 Å². The van der Waals surface area contributed by atoms with E-state index in [1.54, 1.807) is 37.4 Å². The van der Waals surface area contributed by atoms with Crippen LogP contribution in [-0.4, -0.2) is 61.7 Å². The van der Waals surface area contributed by atoms with Gasteiger partial charge >= 0.3 is 0 Å². The Labute approximate surface area is 123 Å². The third kappa shape index (κ3) is 3.91. The zero-order valence-corrected chi connectivity index (χ0v) is 12.2. The van der Waals surface area contributed by atoms with Crippen LogP contribution in [0.5, 0.6) is 5.88 Å². The summed E-state index contributed by atoms with van der Waals surface area (Å²) in [6, 6.07) is 3.14. The molecule has 114 valence electrons. The lowest BCUT2D eigenvalue weighted by atomic mass is 10.2. The number of amides is 2. The maximum Gasteiger partial charge on any atom is 0.257 e. The van der Waals surface area contributed by atoms with Gasteiger partial charge in [0.25, 0.3) is 5.91 Å². The highest BCUT2D eigenvalue weighted by Crippen LogP contribution is 2.16. The van der Waals surface area contributed by atoms with Gasteiger partial charge in [-0.2, -0.15) is 0 Å². The zero-order valence-electron chi connectivity index (χ0n) is 12.2. The summed E-state index contributed by atoms with van der Waals surface area (Å²) in [5.41, 5.74) is 0.357. The fourth-order valence-corrected chi connectivity index (χ4v) is 2.12. The van der Waals surface area contributed by atoms with E-state index in [1.165, 1.54) is 0 Å². The average Bonchev–Trinajstić information content (AvgIpc) is 2.78. The largest absolute Gasteiger partial charge is 0.475 e. The average molecular weight is 293 g/mol. The number of likely N-dealkylation sites (N-methyl/N-ethyl adjacent to an activating group) is 1. The molecule has 0 aliphatic carbocycles. The van der Waals surface area contributed by atoms with Gasteiger partial charge < -0.3 is 19.7 Å². The summed E-state index contributed by atoms with van der Waals surface area (Å²) in [6.07, 6.45) is 1.88. The normalized spacial score (nSPS) is 17.9. The summed E-state index contributed by atoms with van der Waals surface area (Å²) in [5.74, 6) is 0.0106. The number of rotatable bonds is 6. The number of carbonyl (C=O) groups excluding carboxylic acids is 2. The van der Waals surface area contributed by atoms with Crippen molar-refractivity contribution in [3.05, 3.63) is 23.9 Å². The molecule has 2 amide bonds. The third-order valence-corrected chi connectivity index (χ3v) is 3.22. The number of nitrogens with zero attached hydrogens (tertiary/aromatic N) is 2. The molecule has 1 atom stereocenters. The number of pyridine rings is 1. The molecule has 1 N–H and O–H groups in total. The van der Waals surface area contributed by atoms with Crippen LogP contribution in [0, 0.1) is 0 Å². The van der Waals surface area contributed by atoms with Crippen molar-refractivity contribution < 1.29 is 19.1 Å². The Hall–Kier alpha value is -2.15. The van der Waals surface area contributed by atoms with Crippen molar-refractivity contribution >= 4 is 11.8 Å². The molecule has 7 nitrogen and oxygen atoms in total. The van der Waals surface area contributed by atoms with Gasteiger partial charge in [-0.05, 0) is 12.1 Å². The molecule has 1 aromatic rings. The maximum absolute atomic E-state index is 12.3. The Kier molecular flexibility index (Phi) is 5.10. The van der Waals surface area contributed by atoms with Crippen LogP contribution in [0.2, 0.25) is 0 Å². The van der Waals surface area contributed by atoms with Crippen LogP contribution in [0.15, 0.2) is 18.3 Å². The van der Waals surface area contributed by atoms with Crippen LogP contribution in [0.4, 0.5) is 0 Å². The molecule has 0 saturated carbocycles. The molecule has 7 heteroatoms. The summed E-state index contributed by atoms with van der Waals surface area (Å²) in [4.78, 5) is 29.4. The molecule has 0 aromatic carbocycles. The van der Waals surface area contributed by atoms with Crippen LogP contribution >= 0.6 is 0 Å². The quantitative estimate of drug-likeness (QED) is 0.751. The van der Waals surface area contributed by atoms with Gasteiger partial charge in [-0.15, -0.1) is 0 Å². The van der Waals surface area contributed by atoms with Crippen LogP contribution < -0.4 is 10.1 Å². The molecule has 1 aliphatic rings. The van der Waals surface area contributed by atoms with Crippen molar-refractivity contribution in [3.63, 3.8) is 0 Å². The Balaban J connectivity index is 2.00. The lowest BCUT2D eigenvalue weighted by molar-refractivity contribution is -0.126. The predicted molar refractivity (Wildman–Crippen MR) is 75.1 cm³/mol. The first-order valence-electron chi connectivity index (χ1n) is 6.73. The second-order valence-corrected chi connectivity index (χ2v) is 4.85. The van der Waals surface area contributed by atoms with Crippen LogP contribution in [0.25, 0.3) is 0 Å². The van der Waals surface area contributed by atoms with E-state index in [9.17, 15) is 9.59 Å². The van der Waals surface area contributed by atoms with E-state index in [0.29, 0.717) is 31.7 Å². The first-order chi connectivity index (χ1) is 10.1. The molecule has 0 bridgehead atoms. The third-order valence-electron chi connectivity index (χ3n) is 3.22. The van der Waals surface area contributed by atoms with Crippen molar-refractivity contribution in [2.75, 3.05) is 33.9 Å². The summed E-state index contributed by atoms with van der Waals surface area (Å²) in [6.45, 7) is 1.25. The second kappa shape index (κ2) is 7.03. The smallest absolute Gasteiger partial charge is 0.257 e. The number of nitrogens with one attached hydrogen (secondary N) is 1. The van der Waals surface area contributed by atoms with Crippen LogP contribution in [0.3, 0.4) is 0 Å². The minimum Gasteiger partial charge on any atom is -0.475 e. The van der Waals surface area contributed by atoms with Gasteiger partial charge in [0.15, 0.2) is 0 Å². The number of aromatic nitrogens is 1. The van der Waals surface area contributed by atoms with E-state index >= 15 is 0 Å². The highest BCUT2D eigenvalue weighted by molar-refractivity contribution is 5.97. The Morgan fingerprint density at radius 2 is 2.33 bits per heavy atom. The van der Waals surface area contributed by atoms with Gasteiger partial charge in [-0.1, -0.05) is 0 Å². The van der Waals surface area contributed by atoms with E-state index in [0.717, 1.165) is 0 Å². The molecule has 0 unspecified atom stereocenters. The van der Waals surface area contributed by atoms with E-state index in [-0.39, 0.29) is 23.7 Å². The monoisotopic (exact) mass is 293 g/mol. The van der Waals surface area contributed by atoms with Crippen molar-refractivity contribution in [2.45, 2.75) is 12.5 Å². The molecule has 0 radical (unpaired) electrons. The zero-order chi connectivity index (χ0) is 15.2. The lowest BCUT2D eigenvalue weighted by Crippen LogP contribution is -2.36. The molecule has 2 heterocycles. The summed E-state index contributed by atoms with van der Waals surface area (Å²) in [5, 5.41) is 2.83. The Morgan fingerprint density at radius 1 is 1.52 bits per heavy atom. The molecule has 2 rings (SSSR count). The minimum atomic E-state index is -0.288. The fraction of sp³-hybridized carbons (Fsp3) is 0.500. The van der Waals surface area contributed by atoms with Crippen molar-refractivity contribution in [1.82, 2.24) is 15.2 Å². The van der Waals surface area contributed by atoms with Gasteiger partial charge in [-0.3, -0.25) is 9.59 Å². The van der Waals surface area contributed by atoms with Crippen molar-refractivity contribution in [3.8, 4) is 5.88 Å². The van der Waals surface area contributed by atoms with Gasteiger partial charge in [-0.25, -0.2) is 4.98 Å². The molecule has 21 heavy (non-hydrogen) atoms. The van der Waals surface area contributed by atoms with Gasteiger partial charge in [0.2, 0.25) is 11.8 Å². The molecule has 0 spiro atoms. The minimum absolute atomic E-state index is 0.0306. The van der Waals surface area contributed by atoms with Crippen LogP contribution in [0.1, 0.15) is 16.8 Å². The van der Waals surface area contributed by atoms with E-state index < -0.39 is 0 Å². The number of likely N-dealkylation sites (tertiary alicyclic amines) is 1. The van der Waals surface area contributed by atoms with E-state index in [1.807, 2.05) is 0 Å². The number of hydrogen-bond donors (Lipinski definition) is 1. The van der Waals surface area contributed by atoms with Crippen molar-refractivity contribution in [2.24, 2.45) is 0 Å². The molecular formula is C14H19N3O4. The molecule has 1 aromatic heterocycles. The number of ether oxygens (including phenoxy) is 2. The summed E-state index contributed by atoms with van der Waals surface area (Å²) < 4.78 is 10.3. The van der Waals surface area contributed by atoms with Crippen LogP contribution in [-0.2, 0) is 9.53 Å². The van der Waals surface area contributed by atoms with E-state index in [2.05, 4.69) is 10.3 Å². The first-order valence-corrected chi connectivity index (χ1v) is 6.73. The predicted octanol–water partition coefficient (Wildman–Crippen LogP) is 0.0673. The lowest BCUT2D eigenvalue weighted by Gasteiger charge is -2.14. The fourth-order valence-electron chi connectivity index (χ4n) is 2.12. The highest BCUT2D eigenvalue weighted by Gasteiger charge is 2.28. The van der Waals surface area contributed by atoms with Gasteiger partial charge in [0, 0.05) is 33.3 Å². The SMILES string of the molecule is COCCOc1ncccc1C(=O)N[C@H]1CC(=O)N(C)C1.